The van der Waals surface area contributed by atoms with Crippen LogP contribution in [0.15, 0.2) is 6.20 Å². The molecule has 14 heavy (non-hydrogen) atoms. The van der Waals surface area contributed by atoms with Crippen LogP contribution >= 0.6 is 11.6 Å². The molecule has 0 aromatic carbocycles. The lowest BCUT2D eigenvalue weighted by molar-refractivity contribution is 0.205. The number of hydrogen-bond acceptors (Lipinski definition) is 4. The highest BCUT2D eigenvalue weighted by Crippen LogP contribution is 2.16. The lowest BCUT2D eigenvalue weighted by Gasteiger charge is -2.37. The summed E-state index contributed by atoms with van der Waals surface area (Å²) < 4.78 is 0. The number of likely N-dealkylation sites (N-methyl/N-ethyl adjacent to an activating group) is 1. The average molecular weight is 213 g/mol. The number of halogens is 1. The zero-order valence-electron chi connectivity index (χ0n) is 8.29. The molecule has 4 nitrogen and oxygen atoms in total. The van der Waals surface area contributed by atoms with E-state index >= 15 is 0 Å². The van der Waals surface area contributed by atoms with Crippen molar-refractivity contribution in [1.82, 2.24) is 14.9 Å². The van der Waals surface area contributed by atoms with Crippen molar-refractivity contribution in [2.75, 3.05) is 25.5 Å². The fourth-order valence-electron chi connectivity index (χ4n) is 1.55. The van der Waals surface area contributed by atoms with Gasteiger partial charge in [0.2, 0.25) is 5.28 Å². The molecule has 5 heteroatoms. The Labute approximate surface area is 88.3 Å². The van der Waals surface area contributed by atoms with Crippen molar-refractivity contribution in [3.63, 3.8) is 0 Å². The van der Waals surface area contributed by atoms with Crippen molar-refractivity contribution in [3.05, 3.63) is 17.0 Å². The van der Waals surface area contributed by atoms with Gasteiger partial charge in [-0.25, -0.2) is 9.97 Å². The Bertz CT molecular complexity index is 336. The maximum absolute atomic E-state index is 5.72. The molecular formula is C9H13ClN4. The molecule has 0 radical (unpaired) electrons. The van der Waals surface area contributed by atoms with Crippen molar-refractivity contribution < 1.29 is 0 Å². The van der Waals surface area contributed by atoms with E-state index in [1.54, 1.807) is 6.20 Å². The standard InChI is InChI=1S/C9H13ClN4/c1-6-3-11-9(10)13-8(6)12-7-4-14(2)5-7/h3,7H,4-5H2,1-2H3,(H,11,12,13). The zero-order chi connectivity index (χ0) is 10.1. The topological polar surface area (TPSA) is 41.1 Å². The van der Waals surface area contributed by atoms with Gasteiger partial charge in [0.15, 0.2) is 0 Å². The van der Waals surface area contributed by atoms with Gasteiger partial charge in [-0.1, -0.05) is 0 Å². The number of aromatic nitrogens is 2. The van der Waals surface area contributed by atoms with Gasteiger partial charge in [-0.2, -0.15) is 0 Å². The molecule has 1 fully saturated rings. The average Bonchev–Trinajstić information content (AvgIpc) is 2.09. The van der Waals surface area contributed by atoms with Crippen LogP contribution in [0.4, 0.5) is 5.82 Å². The summed E-state index contributed by atoms with van der Waals surface area (Å²) in [5.41, 5.74) is 1.03. The summed E-state index contributed by atoms with van der Waals surface area (Å²) in [6.07, 6.45) is 1.74. The van der Waals surface area contributed by atoms with Gasteiger partial charge in [-0.15, -0.1) is 0 Å². The Kier molecular flexibility index (Phi) is 2.56. The minimum Gasteiger partial charge on any atom is -0.364 e. The molecule has 0 unspecified atom stereocenters. The van der Waals surface area contributed by atoms with Gasteiger partial charge in [-0.3, -0.25) is 0 Å². The molecule has 0 bridgehead atoms. The van der Waals surface area contributed by atoms with Crippen LogP contribution in [0.1, 0.15) is 5.56 Å². The third-order valence-electron chi connectivity index (χ3n) is 2.35. The van der Waals surface area contributed by atoms with Crippen LogP contribution in [-0.4, -0.2) is 41.0 Å². The van der Waals surface area contributed by atoms with Crippen LogP contribution in [-0.2, 0) is 0 Å². The normalized spacial score (nSPS) is 17.9. The van der Waals surface area contributed by atoms with Crippen LogP contribution < -0.4 is 5.32 Å². The van der Waals surface area contributed by atoms with Crippen LogP contribution in [0.2, 0.25) is 5.28 Å². The molecule has 1 saturated heterocycles. The van der Waals surface area contributed by atoms with E-state index in [1.165, 1.54) is 0 Å². The van der Waals surface area contributed by atoms with Crippen molar-refractivity contribution >= 4 is 17.4 Å². The molecule has 1 aliphatic heterocycles. The van der Waals surface area contributed by atoms with E-state index in [1.807, 2.05) is 6.92 Å². The number of hydrogen-bond donors (Lipinski definition) is 1. The molecule has 0 amide bonds. The third kappa shape index (κ3) is 1.96. The molecule has 0 spiro atoms. The van der Waals surface area contributed by atoms with E-state index in [4.69, 9.17) is 11.6 Å². The van der Waals surface area contributed by atoms with Crippen molar-refractivity contribution in [1.29, 1.82) is 0 Å². The van der Waals surface area contributed by atoms with Gasteiger partial charge in [0.1, 0.15) is 5.82 Å². The maximum Gasteiger partial charge on any atom is 0.224 e. The number of anilines is 1. The zero-order valence-corrected chi connectivity index (χ0v) is 9.04. The minimum atomic E-state index is 0.297. The SMILES string of the molecule is Cc1cnc(Cl)nc1NC1CN(C)C1. The van der Waals surface area contributed by atoms with E-state index in [9.17, 15) is 0 Å². The predicted molar refractivity (Wildman–Crippen MR) is 56.7 cm³/mol. The van der Waals surface area contributed by atoms with E-state index < -0.39 is 0 Å². The molecule has 1 N–H and O–H groups in total. The first kappa shape index (κ1) is 9.68. The molecule has 2 heterocycles. The second-order valence-corrected chi connectivity index (χ2v) is 4.07. The summed E-state index contributed by atoms with van der Waals surface area (Å²) in [6.45, 7) is 4.09. The molecule has 0 atom stereocenters. The van der Waals surface area contributed by atoms with E-state index in [2.05, 4.69) is 27.2 Å². The monoisotopic (exact) mass is 212 g/mol. The van der Waals surface area contributed by atoms with Gasteiger partial charge < -0.3 is 10.2 Å². The second-order valence-electron chi connectivity index (χ2n) is 3.73. The van der Waals surface area contributed by atoms with Crippen LogP contribution in [0.5, 0.6) is 0 Å². The lowest BCUT2D eigenvalue weighted by Crippen LogP contribution is -2.52. The van der Waals surface area contributed by atoms with E-state index in [-0.39, 0.29) is 0 Å². The first-order chi connectivity index (χ1) is 6.65. The Balaban J connectivity index is 2.05. The molecule has 76 valence electrons. The predicted octanol–water partition coefficient (Wildman–Crippen LogP) is 1.16. The molecule has 0 saturated carbocycles. The molecule has 2 rings (SSSR count). The van der Waals surface area contributed by atoms with E-state index in [0.29, 0.717) is 11.3 Å². The van der Waals surface area contributed by atoms with Crippen LogP contribution in [0, 0.1) is 6.92 Å². The molecule has 0 aliphatic carbocycles. The van der Waals surface area contributed by atoms with Gasteiger partial charge in [0.05, 0.1) is 6.04 Å². The highest BCUT2D eigenvalue weighted by atomic mass is 35.5. The van der Waals surface area contributed by atoms with Crippen molar-refractivity contribution in [2.45, 2.75) is 13.0 Å². The number of likely N-dealkylation sites (tertiary alicyclic amines) is 1. The van der Waals surface area contributed by atoms with Gasteiger partial charge in [-0.05, 0) is 25.6 Å². The Morgan fingerprint density at radius 2 is 2.29 bits per heavy atom. The number of nitrogens with one attached hydrogen (secondary N) is 1. The van der Waals surface area contributed by atoms with Crippen molar-refractivity contribution in [2.24, 2.45) is 0 Å². The second kappa shape index (κ2) is 3.71. The fourth-order valence-corrected chi connectivity index (χ4v) is 1.68. The van der Waals surface area contributed by atoms with Crippen LogP contribution in [0.25, 0.3) is 0 Å². The first-order valence-corrected chi connectivity index (χ1v) is 4.97. The fraction of sp³-hybridized carbons (Fsp3) is 0.556. The summed E-state index contributed by atoms with van der Waals surface area (Å²) in [5.74, 6) is 0.850. The number of nitrogens with zero attached hydrogens (tertiary/aromatic N) is 3. The Morgan fingerprint density at radius 3 is 2.93 bits per heavy atom. The molecule has 1 aromatic rings. The Hall–Kier alpha value is -0.870. The Morgan fingerprint density at radius 1 is 1.57 bits per heavy atom. The number of rotatable bonds is 2. The highest BCUT2D eigenvalue weighted by Gasteiger charge is 2.23. The van der Waals surface area contributed by atoms with Crippen LogP contribution in [0.3, 0.4) is 0 Å². The first-order valence-electron chi connectivity index (χ1n) is 4.59. The summed E-state index contributed by atoms with van der Waals surface area (Å²) in [7, 11) is 2.10. The van der Waals surface area contributed by atoms with E-state index in [0.717, 1.165) is 24.5 Å². The summed E-state index contributed by atoms with van der Waals surface area (Å²) >= 11 is 5.72. The molecule has 1 aliphatic rings. The van der Waals surface area contributed by atoms with Gasteiger partial charge in [0.25, 0.3) is 0 Å². The summed E-state index contributed by atoms with van der Waals surface area (Å²) in [4.78, 5) is 10.3. The number of aryl methyl sites for hydroxylation is 1. The minimum absolute atomic E-state index is 0.297. The summed E-state index contributed by atoms with van der Waals surface area (Å²) in [6, 6.07) is 0.490. The largest absolute Gasteiger partial charge is 0.364 e. The lowest BCUT2D eigenvalue weighted by atomic mass is 10.1. The smallest absolute Gasteiger partial charge is 0.224 e. The third-order valence-corrected chi connectivity index (χ3v) is 2.53. The van der Waals surface area contributed by atoms with Gasteiger partial charge >= 0.3 is 0 Å². The quantitative estimate of drug-likeness (QED) is 0.748. The maximum atomic E-state index is 5.72. The van der Waals surface area contributed by atoms with Crippen molar-refractivity contribution in [3.8, 4) is 0 Å². The molecular weight excluding hydrogens is 200 g/mol. The highest BCUT2D eigenvalue weighted by molar-refractivity contribution is 6.28. The van der Waals surface area contributed by atoms with Gasteiger partial charge in [0, 0.05) is 24.8 Å². The molecule has 1 aromatic heterocycles. The summed E-state index contributed by atoms with van der Waals surface area (Å²) in [5, 5.41) is 3.64.